The lowest BCUT2D eigenvalue weighted by Gasteiger charge is -2.15. The zero-order valence-corrected chi connectivity index (χ0v) is 9.03. The number of amides is 1. The van der Waals surface area contributed by atoms with Gasteiger partial charge in [0.25, 0.3) is 5.91 Å². The first-order chi connectivity index (χ1) is 7.43. The fraction of sp³-hybridized carbons (Fsp3) is 0.273. The van der Waals surface area contributed by atoms with Crippen LogP contribution in [0.25, 0.3) is 0 Å². The van der Waals surface area contributed by atoms with Crippen molar-refractivity contribution in [3.05, 3.63) is 35.1 Å². The minimum absolute atomic E-state index is 0.108. The number of benzene rings is 1. The molecule has 0 aliphatic rings. The highest BCUT2D eigenvalue weighted by Gasteiger charge is 2.18. The van der Waals surface area contributed by atoms with E-state index in [0.717, 1.165) is 4.90 Å². The summed E-state index contributed by atoms with van der Waals surface area (Å²) in [6.45, 7) is 1.09. The van der Waals surface area contributed by atoms with Gasteiger partial charge in [-0.1, -0.05) is 12.1 Å². The normalized spacial score (nSPS) is 9.94. The number of aliphatic carboxylic acids is 1. The minimum atomic E-state index is -1.14. The number of nitrogens with zero attached hydrogens (tertiary/aromatic N) is 1. The monoisotopic (exact) mass is 225 g/mol. The number of hydrogen-bond donors (Lipinski definition) is 1. The van der Waals surface area contributed by atoms with Crippen LogP contribution in [0.3, 0.4) is 0 Å². The molecular formula is C11H12FNO3. The van der Waals surface area contributed by atoms with Crippen molar-refractivity contribution >= 4 is 11.9 Å². The van der Waals surface area contributed by atoms with Crippen molar-refractivity contribution in [1.29, 1.82) is 0 Å². The van der Waals surface area contributed by atoms with Crippen molar-refractivity contribution in [2.24, 2.45) is 0 Å². The lowest BCUT2D eigenvalue weighted by Crippen LogP contribution is -2.32. The van der Waals surface area contributed by atoms with E-state index in [2.05, 4.69) is 0 Å². The molecule has 86 valence electrons. The third-order valence-electron chi connectivity index (χ3n) is 2.14. The smallest absolute Gasteiger partial charge is 0.323 e. The van der Waals surface area contributed by atoms with E-state index < -0.39 is 24.2 Å². The Morgan fingerprint density at radius 3 is 2.62 bits per heavy atom. The second-order valence-electron chi connectivity index (χ2n) is 3.49. The quantitative estimate of drug-likeness (QED) is 0.843. The third kappa shape index (κ3) is 2.56. The summed E-state index contributed by atoms with van der Waals surface area (Å²) in [6.07, 6.45) is 0. The summed E-state index contributed by atoms with van der Waals surface area (Å²) >= 11 is 0. The molecule has 0 aromatic heterocycles. The Hall–Kier alpha value is -1.91. The zero-order valence-electron chi connectivity index (χ0n) is 9.03. The molecule has 0 bridgehead atoms. The molecule has 1 amide bonds. The second kappa shape index (κ2) is 4.74. The number of carboxylic acids is 1. The Bertz CT molecular complexity index is 431. The number of rotatable bonds is 3. The number of carboxylic acid groups (broad SMARTS) is 1. The highest BCUT2D eigenvalue weighted by Crippen LogP contribution is 2.13. The van der Waals surface area contributed by atoms with Crippen LogP contribution in [-0.4, -0.2) is 35.5 Å². The fourth-order valence-corrected chi connectivity index (χ4v) is 1.29. The summed E-state index contributed by atoms with van der Waals surface area (Å²) in [5, 5.41) is 8.52. The summed E-state index contributed by atoms with van der Waals surface area (Å²) < 4.78 is 13.6. The number of likely N-dealkylation sites (N-methyl/N-ethyl adjacent to an activating group) is 1. The first kappa shape index (κ1) is 12.2. The predicted octanol–water partition coefficient (Wildman–Crippen LogP) is 1.29. The van der Waals surface area contributed by atoms with Gasteiger partial charge in [-0.15, -0.1) is 0 Å². The number of carbonyl (C=O) groups excluding carboxylic acids is 1. The van der Waals surface area contributed by atoms with Crippen LogP contribution in [-0.2, 0) is 4.79 Å². The van der Waals surface area contributed by atoms with Crippen molar-refractivity contribution < 1.29 is 19.1 Å². The van der Waals surface area contributed by atoms with Crippen molar-refractivity contribution in [3.8, 4) is 0 Å². The van der Waals surface area contributed by atoms with E-state index in [1.54, 1.807) is 19.1 Å². The van der Waals surface area contributed by atoms with E-state index in [1.807, 2.05) is 0 Å². The molecule has 0 saturated heterocycles. The number of hydrogen-bond acceptors (Lipinski definition) is 2. The maximum absolute atomic E-state index is 13.6. The maximum atomic E-state index is 13.6. The standard InChI is InChI=1S/C11H12FNO3/c1-7-4-3-5-8(10(7)12)11(16)13(2)6-9(14)15/h3-5H,6H2,1-2H3,(H,14,15). The fourth-order valence-electron chi connectivity index (χ4n) is 1.29. The molecule has 0 saturated carbocycles. The van der Waals surface area contributed by atoms with Crippen molar-refractivity contribution in [2.75, 3.05) is 13.6 Å². The van der Waals surface area contributed by atoms with Crippen LogP contribution in [0.15, 0.2) is 18.2 Å². The lowest BCUT2D eigenvalue weighted by atomic mass is 10.1. The van der Waals surface area contributed by atoms with Gasteiger partial charge >= 0.3 is 5.97 Å². The summed E-state index contributed by atoms with van der Waals surface area (Å²) in [7, 11) is 1.32. The highest BCUT2D eigenvalue weighted by molar-refractivity contribution is 5.96. The lowest BCUT2D eigenvalue weighted by molar-refractivity contribution is -0.137. The van der Waals surface area contributed by atoms with Crippen LogP contribution in [0.2, 0.25) is 0 Å². The largest absolute Gasteiger partial charge is 0.480 e. The van der Waals surface area contributed by atoms with Gasteiger partial charge in [0.05, 0.1) is 5.56 Å². The van der Waals surface area contributed by atoms with E-state index in [9.17, 15) is 14.0 Å². The Balaban J connectivity index is 2.96. The number of carbonyl (C=O) groups is 2. The van der Waals surface area contributed by atoms with Gasteiger partial charge in [0.15, 0.2) is 0 Å². The van der Waals surface area contributed by atoms with Crippen molar-refractivity contribution in [2.45, 2.75) is 6.92 Å². The minimum Gasteiger partial charge on any atom is -0.480 e. The topological polar surface area (TPSA) is 57.6 Å². The molecule has 1 rings (SSSR count). The molecule has 1 N–H and O–H groups in total. The van der Waals surface area contributed by atoms with E-state index >= 15 is 0 Å². The molecule has 0 aliphatic carbocycles. The SMILES string of the molecule is Cc1cccc(C(=O)N(C)CC(=O)O)c1F. The first-order valence-electron chi connectivity index (χ1n) is 4.66. The van der Waals surface area contributed by atoms with Gasteiger partial charge < -0.3 is 10.0 Å². The Morgan fingerprint density at radius 1 is 1.44 bits per heavy atom. The summed E-state index contributed by atoms with van der Waals surface area (Å²) in [5.74, 6) is -2.38. The first-order valence-corrected chi connectivity index (χ1v) is 4.66. The number of aryl methyl sites for hydroxylation is 1. The maximum Gasteiger partial charge on any atom is 0.323 e. The molecular weight excluding hydrogens is 213 g/mol. The van der Waals surface area contributed by atoms with Crippen LogP contribution in [0.4, 0.5) is 4.39 Å². The molecule has 0 unspecified atom stereocenters. The van der Waals surface area contributed by atoms with Gasteiger partial charge in [0.2, 0.25) is 0 Å². The molecule has 0 atom stereocenters. The molecule has 0 spiro atoms. The Labute approximate surface area is 92.3 Å². The molecule has 16 heavy (non-hydrogen) atoms. The molecule has 4 nitrogen and oxygen atoms in total. The highest BCUT2D eigenvalue weighted by atomic mass is 19.1. The van der Waals surface area contributed by atoms with Gasteiger partial charge in [0.1, 0.15) is 12.4 Å². The van der Waals surface area contributed by atoms with Crippen molar-refractivity contribution in [1.82, 2.24) is 4.90 Å². The molecule has 0 fully saturated rings. The Kier molecular flexibility index (Phi) is 3.60. The van der Waals surface area contributed by atoms with Crippen LogP contribution >= 0.6 is 0 Å². The average molecular weight is 225 g/mol. The number of halogens is 1. The van der Waals surface area contributed by atoms with Crippen LogP contribution in [0, 0.1) is 12.7 Å². The molecule has 0 heterocycles. The van der Waals surface area contributed by atoms with Gasteiger partial charge in [-0.05, 0) is 18.6 Å². The molecule has 1 aromatic carbocycles. The van der Waals surface area contributed by atoms with E-state index in [4.69, 9.17) is 5.11 Å². The van der Waals surface area contributed by atoms with Crippen LogP contribution in [0.1, 0.15) is 15.9 Å². The Morgan fingerprint density at radius 2 is 2.06 bits per heavy atom. The van der Waals surface area contributed by atoms with Crippen molar-refractivity contribution in [3.63, 3.8) is 0 Å². The average Bonchev–Trinajstić information content (AvgIpc) is 2.20. The molecule has 0 radical (unpaired) electrons. The zero-order chi connectivity index (χ0) is 12.3. The van der Waals surface area contributed by atoms with Crippen LogP contribution in [0.5, 0.6) is 0 Å². The van der Waals surface area contributed by atoms with E-state index in [0.29, 0.717) is 5.56 Å². The van der Waals surface area contributed by atoms with Gasteiger partial charge in [-0.2, -0.15) is 0 Å². The van der Waals surface area contributed by atoms with Gasteiger partial charge in [-0.25, -0.2) is 4.39 Å². The summed E-state index contributed by atoms with van der Waals surface area (Å²) in [5.41, 5.74) is 0.248. The second-order valence-corrected chi connectivity index (χ2v) is 3.49. The molecule has 1 aromatic rings. The summed E-state index contributed by atoms with van der Waals surface area (Å²) in [4.78, 5) is 23.0. The van der Waals surface area contributed by atoms with Gasteiger partial charge in [0, 0.05) is 7.05 Å². The predicted molar refractivity (Wildman–Crippen MR) is 55.7 cm³/mol. The van der Waals surface area contributed by atoms with Crippen LogP contribution < -0.4 is 0 Å². The third-order valence-corrected chi connectivity index (χ3v) is 2.14. The van der Waals surface area contributed by atoms with E-state index in [-0.39, 0.29) is 5.56 Å². The van der Waals surface area contributed by atoms with E-state index in [1.165, 1.54) is 13.1 Å². The van der Waals surface area contributed by atoms with Gasteiger partial charge in [-0.3, -0.25) is 9.59 Å². The molecule has 5 heteroatoms. The summed E-state index contributed by atoms with van der Waals surface area (Å²) in [6, 6.07) is 4.44. The molecule has 0 aliphatic heterocycles.